The molecule has 0 amide bonds. The van der Waals surface area contributed by atoms with Crippen LogP contribution in [0.3, 0.4) is 0 Å². The van der Waals surface area contributed by atoms with E-state index in [2.05, 4.69) is 9.97 Å². The van der Waals surface area contributed by atoms with Crippen molar-refractivity contribution in [2.75, 3.05) is 14.2 Å². The number of hydrogen-bond acceptors (Lipinski definition) is 7. The number of pyridine rings is 1. The number of aromatic nitrogens is 2. The average molecular weight is 463 g/mol. The highest BCUT2D eigenvalue weighted by Crippen LogP contribution is 2.67. The van der Waals surface area contributed by atoms with Gasteiger partial charge in [0.15, 0.2) is 16.6 Å². The molecule has 0 spiro atoms. The molecule has 2 aromatic heterocycles. The van der Waals surface area contributed by atoms with Crippen LogP contribution in [0.5, 0.6) is 5.75 Å². The van der Waals surface area contributed by atoms with E-state index in [1.165, 1.54) is 44.8 Å². The van der Waals surface area contributed by atoms with Gasteiger partial charge in [-0.25, -0.2) is 9.37 Å². The molecular formula is C17H14Cl2FN2O4PS. The zero-order valence-corrected chi connectivity index (χ0v) is 17.9. The molecule has 11 heteroatoms. The maximum atomic E-state index is 14.4. The van der Waals surface area contributed by atoms with Crippen molar-refractivity contribution in [3.63, 3.8) is 0 Å². The second kappa shape index (κ2) is 8.45. The van der Waals surface area contributed by atoms with Gasteiger partial charge in [0.05, 0.1) is 16.2 Å². The molecule has 1 unspecified atom stereocenters. The summed E-state index contributed by atoms with van der Waals surface area (Å²) in [6, 6.07) is 5.60. The normalized spacial score (nSPS) is 13.9. The fraction of sp³-hybridized carbons (Fsp3) is 0.176. The summed E-state index contributed by atoms with van der Waals surface area (Å²) in [5.41, 5.74) is 0.257. The molecule has 3 rings (SSSR count). The third-order valence-corrected chi connectivity index (χ3v) is 7.95. The molecule has 28 heavy (non-hydrogen) atoms. The molecule has 0 aliphatic rings. The van der Waals surface area contributed by atoms with Gasteiger partial charge in [0, 0.05) is 37.6 Å². The Hall–Kier alpha value is -1.54. The van der Waals surface area contributed by atoms with E-state index in [1.54, 1.807) is 5.38 Å². The number of ether oxygens (including phenoxy) is 1. The van der Waals surface area contributed by atoms with Gasteiger partial charge in [0.1, 0.15) is 0 Å². The molecule has 0 aliphatic carbocycles. The van der Waals surface area contributed by atoms with Gasteiger partial charge in [-0.05, 0) is 18.2 Å². The summed E-state index contributed by atoms with van der Waals surface area (Å²) >= 11 is 13.4. The van der Waals surface area contributed by atoms with Gasteiger partial charge in [-0.3, -0.25) is 9.55 Å². The van der Waals surface area contributed by atoms with Crippen LogP contribution in [0.1, 0.15) is 10.6 Å². The van der Waals surface area contributed by atoms with Gasteiger partial charge in [0.2, 0.25) is 0 Å². The second-order valence-electron chi connectivity index (χ2n) is 5.38. The minimum atomic E-state index is -4.12. The Morgan fingerprint density at radius 2 is 1.89 bits per heavy atom. The first-order valence-electron chi connectivity index (χ1n) is 7.73. The maximum absolute atomic E-state index is 14.4. The van der Waals surface area contributed by atoms with Crippen LogP contribution in [0.4, 0.5) is 4.39 Å². The van der Waals surface area contributed by atoms with E-state index in [4.69, 9.17) is 37.0 Å². The van der Waals surface area contributed by atoms with Gasteiger partial charge >= 0.3 is 7.60 Å². The van der Waals surface area contributed by atoms with E-state index in [1.807, 2.05) is 0 Å². The summed E-state index contributed by atoms with van der Waals surface area (Å²) in [6.07, 6.45) is 3.91. The largest absolute Gasteiger partial charge is 0.458 e. The predicted molar refractivity (Wildman–Crippen MR) is 106 cm³/mol. The van der Waals surface area contributed by atoms with E-state index in [9.17, 15) is 8.96 Å². The van der Waals surface area contributed by atoms with Crippen LogP contribution in [-0.2, 0) is 19.0 Å². The van der Waals surface area contributed by atoms with Crippen molar-refractivity contribution in [1.29, 1.82) is 0 Å². The van der Waals surface area contributed by atoms with Crippen LogP contribution < -0.4 is 4.74 Å². The van der Waals surface area contributed by atoms with E-state index in [0.29, 0.717) is 0 Å². The van der Waals surface area contributed by atoms with Gasteiger partial charge in [0.25, 0.3) is 5.34 Å². The van der Waals surface area contributed by atoms with Crippen molar-refractivity contribution in [1.82, 2.24) is 9.97 Å². The second-order valence-corrected chi connectivity index (χ2v) is 9.44. The maximum Gasteiger partial charge on any atom is 0.385 e. The van der Waals surface area contributed by atoms with Crippen molar-refractivity contribution < 1.29 is 22.7 Å². The highest BCUT2D eigenvalue weighted by Gasteiger charge is 2.58. The fourth-order valence-electron chi connectivity index (χ4n) is 2.58. The highest BCUT2D eigenvalue weighted by atomic mass is 35.5. The first-order chi connectivity index (χ1) is 13.4. The number of benzene rings is 1. The summed E-state index contributed by atoms with van der Waals surface area (Å²) < 4.78 is 44.7. The van der Waals surface area contributed by atoms with E-state index in [-0.39, 0.29) is 26.4 Å². The molecule has 0 aliphatic heterocycles. The lowest BCUT2D eigenvalue weighted by Gasteiger charge is -2.36. The van der Waals surface area contributed by atoms with E-state index >= 15 is 0 Å². The number of halogens is 3. The van der Waals surface area contributed by atoms with Gasteiger partial charge < -0.3 is 13.8 Å². The van der Waals surface area contributed by atoms with Gasteiger partial charge in [-0.15, -0.1) is 11.3 Å². The van der Waals surface area contributed by atoms with Crippen molar-refractivity contribution in [3.8, 4) is 5.75 Å². The van der Waals surface area contributed by atoms with Gasteiger partial charge in [-0.1, -0.05) is 29.3 Å². The summed E-state index contributed by atoms with van der Waals surface area (Å²) in [6.45, 7) is 0. The molecule has 0 saturated heterocycles. The molecule has 0 bridgehead atoms. The third-order valence-electron chi connectivity index (χ3n) is 3.89. The minimum Gasteiger partial charge on any atom is -0.458 e. The first kappa shape index (κ1) is 21.2. The molecule has 1 aromatic carbocycles. The number of thiazole rings is 1. The van der Waals surface area contributed by atoms with Gasteiger partial charge in [-0.2, -0.15) is 0 Å². The predicted octanol–water partition coefficient (Wildman–Crippen LogP) is 5.75. The molecule has 0 saturated carbocycles. The molecule has 0 N–H and O–H groups in total. The smallest absolute Gasteiger partial charge is 0.385 e. The summed E-state index contributed by atoms with van der Waals surface area (Å²) in [5, 5.41) is 0.356. The molecule has 148 valence electrons. The van der Waals surface area contributed by atoms with Crippen molar-refractivity contribution >= 4 is 42.1 Å². The summed E-state index contributed by atoms with van der Waals surface area (Å²) in [4.78, 5) is 8.12. The van der Waals surface area contributed by atoms with Crippen LogP contribution in [0.2, 0.25) is 10.0 Å². The van der Waals surface area contributed by atoms with Crippen LogP contribution in [-0.4, -0.2) is 24.2 Å². The molecule has 1 atom stereocenters. The lowest BCUT2D eigenvalue weighted by molar-refractivity contribution is 0.127. The Morgan fingerprint density at radius 1 is 1.14 bits per heavy atom. The standard InChI is InChI=1S/C17H14Cl2FN2O4PS/c1-24-27(23,25-2)17(16-22-7-8-28-16,11-3-4-12(18)13(19)9-11)26-15-10-21-6-5-14(15)20/h3-10H,1-2H3. The average Bonchev–Trinajstić information content (AvgIpc) is 3.24. The Kier molecular flexibility index (Phi) is 6.39. The fourth-order valence-corrected chi connectivity index (χ4v) is 5.69. The monoisotopic (exact) mass is 462 g/mol. The Bertz CT molecular complexity index is 1020. The zero-order valence-electron chi connectivity index (χ0n) is 14.6. The molecule has 6 nitrogen and oxygen atoms in total. The molecule has 3 aromatic rings. The molecule has 2 heterocycles. The zero-order chi connectivity index (χ0) is 20.4. The van der Waals surface area contributed by atoms with Crippen LogP contribution in [0.25, 0.3) is 0 Å². The lowest BCUT2D eigenvalue weighted by atomic mass is 10.1. The van der Waals surface area contributed by atoms with E-state index in [0.717, 1.165) is 23.6 Å². The first-order valence-corrected chi connectivity index (χ1v) is 10.9. The SMILES string of the molecule is COP(=O)(OC)C(Oc1cnccc1F)(c1ccc(Cl)c(Cl)c1)c1nccs1. The Labute approximate surface area is 174 Å². The Morgan fingerprint density at radius 3 is 2.46 bits per heavy atom. The van der Waals surface area contributed by atoms with Crippen molar-refractivity contribution in [2.45, 2.75) is 5.34 Å². The van der Waals surface area contributed by atoms with Crippen molar-refractivity contribution in [2.24, 2.45) is 0 Å². The minimum absolute atomic E-state index is 0.175. The van der Waals surface area contributed by atoms with Crippen LogP contribution in [0, 0.1) is 5.82 Å². The van der Waals surface area contributed by atoms with Crippen LogP contribution in [0.15, 0.2) is 48.2 Å². The molecular weight excluding hydrogens is 449 g/mol. The lowest BCUT2D eigenvalue weighted by Crippen LogP contribution is -2.36. The van der Waals surface area contributed by atoms with Crippen molar-refractivity contribution in [3.05, 3.63) is 74.7 Å². The quantitative estimate of drug-likeness (QED) is 0.416. The molecule has 0 fully saturated rings. The van der Waals surface area contributed by atoms with E-state index < -0.39 is 18.8 Å². The summed E-state index contributed by atoms with van der Waals surface area (Å²) in [7, 11) is -1.72. The number of rotatable bonds is 7. The number of hydrogen-bond donors (Lipinski definition) is 0. The topological polar surface area (TPSA) is 70.5 Å². The highest BCUT2D eigenvalue weighted by molar-refractivity contribution is 7.55. The van der Waals surface area contributed by atoms with Crippen LogP contribution >= 0.6 is 42.1 Å². The Balaban J connectivity index is 2.37. The summed E-state index contributed by atoms with van der Waals surface area (Å²) in [5.74, 6) is -0.979. The number of nitrogens with zero attached hydrogens (tertiary/aromatic N) is 2. The molecule has 0 radical (unpaired) electrons. The third kappa shape index (κ3) is 3.56.